The number of rotatable bonds is 6. The number of aryl methyl sites for hydroxylation is 3. The number of pyridine rings is 1. The maximum absolute atomic E-state index is 12.3. The molecule has 2 bridgehead atoms. The quantitative estimate of drug-likeness (QED) is 0.568. The third-order valence-corrected chi connectivity index (χ3v) is 8.70. The Bertz CT molecular complexity index is 1300. The molecular weight excluding hydrogens is 440 g/mol. The molecule has 0 spiro atoms. The molecule has 0 aromatic carbocycles. The van der Waals surface area contributed by atoms with Gasteiger partial charge in [-0.25, -0.2) is 4.98 Å². The van der Waals surface area contributed by atoms with Crippen LogP contribution >= 0.6 is 0 Å². The fourth-order valence-corrected chi connectivity index (χ4v) is 7.01. The lowest BCUT2D eigenvalue weighted by Crippen LogP contribution is -2.47. The molecule has 1 aliphatic heterocycles. The minimum atomic E-state index is -0.0126. The highest BCUT2D eigenvalue weighted by atomic mass is 16.2. The first-order chi connectivity index (χ1) is 16.8. The maximum atomic E-state index is 12.3. The summed E-state index contributed by atoms with van der Waals surface area (Å²) in [6.45, 7) is 7.39. The molecule has 0 radical (unpaired) electrons. The molecule has 3 aromatic heterocycles. The van der Waals surface area contributed by atoms with Crippen molar-refractivity contribution >= 4 is 22.6 Å². The van der Waals surface area contributed by atoms with Crippen molar-refractivity contribution in [3.63, 3.8) is 0 Å². The molecule has 9 heteroatoms. The first-order valence-electron chi connectivity index (χ1n) is 12.9. The van der Waals surface area contributed by atoms with Crippen LogP contribution < -0.4 is 15.5 Å². The summed E-state index contributed by atoms with van der Waals surface area (Å²) in [6, 6.07) is 2.19. The van der Waals surface area contributed by atoms with Gasteiger partial charge in [-0.3, -0.25) is 14.2 Å². The fraction of sp³-hybridized carbons (Fsp3) is 0.615. The Morgan fingerprint density at radius 3 is 2.77 bits per heavy atom. The molecule has 0 saturated heterocycles. The van der Waals surface area contributed by atoms with Crippen molar-refractivity contribution in [3.8, 4) is 0 Å². The lowest BCUT2D eigenvalue weighted by Gasteiger charge is -2.32. The van der Waals surface area contributed by atoms with Gasteiger partial charge in [0, 0.05) is 55.6 Å². The molecule has 6 rings (SSSR count). The third-order valence-electron chi connectivity index (χ3n) is 8.70. The Hall–Kier alpha value is -2.94. The van der Waals surface area contributed by atoms with E-state index in [1.807, 2.05) is 25.0 Å². The Morgan fingerprint density at radius 1 is 1.20 bits per heavy atom. The molecule has 2 aliphatic carbocycles. The van der Waals surface area contributed by atoms with Gasteiger partial charge < -0.3 is 15.5 Å². The number of anilines is 1. The molecule has 0 unspecified atom stereocenters. The van der Waals surface area contributed by atoms with E-state index in [-0.39, 0.29) is 16.9 Å². The lowest BCUT2D eigenvalue weighted by atomic mass is 9.84. The number of carbonyl (C=O) groups is 1. The SMILES string of the molecule is CNCC(=O)NC12CCC(Cn3nc(C)c4c3CCN(c3cc(C)nc5c3cnn5C)C4)(CC1)C2. The van der Waals surface area contributed by atoms with Crippen molar-refractivity contribution in [1.29, 1.82) is 0 Å². The van der Waals surface area contributed by atoms with Gasteiger partial charge in [-0.2, -0.15) is 10.2 Å². The van der Waals surface area contributed by atoms with Gasteiger partial charge in [0.05, 0.1) is 29.5 Å². The van der Waals surface area contributed by atoms with Crippen molar-refractivity contribution in [2.45, 2.75) is 71.0 Å². The van der Waals surface area contributed by atoms with Gasteiger partial charge in [-0.05, 0) is 64.5 Å². The Morgan fingerprint density at radius 2 is 2.00 bits per heavy atom. The molecule has 186 valence electrons. The van der Waals surface area contributed by atoms with E-state index in [0.717, 1.165) is 67.7 Å². The molecule has 0 atom stereocenters. The Labute approximate surface area is 206 Å². The second-order valence-corrected chi connectivity index (χ2v) is 11.2. The van der Waals surface area contributed by atoms with Gasteiger partial charge in [-0.15, -0.1) is 0 Å². The molecule has 2 fully saturated rings. The Kier molecular flexibility index (Phi) is 5.18. The number of amides is 1. The van der Waals surface area contributed by atoms with Crippen LogP contribution in [0.5, 0.6) is 0 Å². The van der Waals surface area contributed by atoms with E-state index in [4.69, 9.17) is 10.1 Å². The van der Waals surface area contributed by atoms with Gasteiger partial charge in [0.25, 0.3) is 0 Å². The zero-order valence-corrected chi connectivity index (χ0v) is 21.3. The van der Waals surface area contributed by atoms with Crippen molar-refractivity contribution < 1.29 is 4.79 Å². The number of hydrogen-bond donors (Lipinski definition) is 2. The maximum Gasteiger partial charge on any atom is 0.234 e. The number of likely N-dealkylation sites (N-methyl/N-ethyl adjacent to an activating group) is 1. The van der Waals surface area contributed by atoms with Crippen LogP contribution in [0.1, 0.15) is 54.7 Å². The van der Waals surface area contributed by atoms with Crippen molar-refractivity contribution in [3.05, 3.63) is 34.9 Å². The largest absolute Gasteiger partial charge is 0.366 e. The van der Waals surface area contributed by atoms with Gasteiger partial charge in [0.15, 0.2) is 5.65 Å². The van der Waals surface area contributed by atoms with Crippen molar-refractivity contribution in [2.75, 3.05) is 25.0 Å². The third kappa shape index (κ3) is 3.71. The Balaban J connectivity index is 1.23. The molecule has 3 aliphatic rings. The van der Waals surface area contributed by atoms with Crippen molar-refractivity contribution in [2.24, 2.45) is 12.5 Å². The van der Waals surface area contributed by atoms with E-state index >= 15 is 0 Å². The number of fused-ring (bicyclic) bond motifs is 4. The first-order valence-corrected chi connectivity index (χ1v) is 12.9. The molecule has 3 aromatic rings. The number of nitrogens with zero attached hydrogens (tertiary/aromatic N) is 6. The van der Waals surface area contributed by atoms with Crippen LogP contribution in [0.2, 0.25) is 0 Å². The molecule has 2 saturated carbocycles. The average Bonchev–Trinajstić information content (AvgIpc) is 3.55. The summed E-state index contributed by atoms with van der Waals surface area (Å²) >= 11 is 0. The highest BCUT2D eigenvalue weighted by molar-refractivity contribution is 5.89. The van der Waals surface area contributed by atoms with Crippen LogP contribution in [0.4, 0.5) is 5.69 Å². The zero-order chi connectivity index (χ0) is 24.4. The summed E-state index contributed by atoms with van der Waals surface area (Å²) in [5.41, 5.74) is 7.30. The predicted molar refractivity (Wildman–Crippen MR) is 135 cm³/mol. The van der Waals surface area contributed by atoms with Crippen molar-refractivity contribution in [1.82, 2.24) is 35.2 Å². The van der Waals surface area contributed by atoms with E-state index in [9.17, 15) is 4.79 Å². The van der Waals surface area contributed by atoms with Gasteiger partial charge in [0.1, 0.15) is 0 Å². The summed E-state index contributed by atoms with van der Waals surface area (Å²) < 4.78 is 4.17. The number of aromatic nitrogens is 5. The van der Waals surface area contributed by atoms with E-state index in [0.29, 0.717) is 6.54 Å². The summed E-state index contributed by atoms with van der Waals surface area (Å²) in [6.07, 6.45) is 8.50. The summed E-state index contributed by atoms with van der Waals surface area (Å²) in [5, 5.41) is 16.9. The topological polar surface area (TPSA) is 92.9 Å². The molecular formula is C26H36N8O. The number of nitrogens with one attached hydrogen (secondary N) is 2. The lowest BCUT2D eigenvalue weighted by molar-refractivity contribution is -0.122. The monoisotopic (exact) mass is 476 g/mol. The standard InChI is InChI=1S/C26H36N8O/c1-17-11-22(19-12-28-32(4)24(19)29-17)33-10-5-21-20(14-33)18(2)31-34(21)16-25-6-8-26(15-25,9-7-25)30-23(35)13-27-3/h11-12,27H,5-10,13-16H2,1-4H3,(H,30,35). The van der Waals surface area contributed by atoms with Crippen LogP contribution in [0.15, 0.2) is 12.3 Å². The zero-order valence-electron chi connectivity index (χ0n) is 21.3. The van der Waals surface area contributed by atoms with E-state index in [1.54, 1.807) is 0 Å². The van der Waals surface area contributed by atoms with Crippen LogP contribution in [0, 0.1) is 19.3 Å². The van der Waals surface area contributed by atoms with E-state index < -0.39 is 0 Å². The fourth-order valence-electron chi connectivity index (χ4n) is 7.01. The van der Waals surface area contributed by atoms with Gasteiger partial charge >= 0.3 is 0 Å². The minimum absolute atomic E-state index is 0.0126. The average molecular weight is 477 g/mol. The van der Waals surface area contributed by atoms with Crippen LogP contribution in [-0.4, -0.2) is 56.1 Å². The van der Waals surface area contributed by atoms with Crippen LogP contribution in [-0.2, 0) is 31.4 Å². The first kappa shape index (κ1) is 22.5. The predicted octanol–water partition coefficient (Wildman–Crippen LogP) is 2.38. The minimum Gasteiger partial charge on any atom is -0.366 e. The number of carbonyl (C=O) groups excluding carboxylic acids is 1. The molecule has 4 heterocycles. The molecule has 2 N–H and O–H groups in total. The second-order valence-electron chi connectivity index (χ2n) is 11.2. The van der Waals surface area contributed by atoms with Crippen LogP contribution in [0.3, 0.4) is 0 Å². The summed E-state index contributed by atoms with van der Waals surface area (Å²) in [7, 11) is 3.78. The molecule has 1 amide bonds. The molecule has 9 nitrogen and oxygen atoms in total. The number of hydrogen-bond acceptors (Lipinski definition) is 6. The summed E-state index contributed by atoms with van der Waals surface area (Å²) in [5.74, 6) is 0.117. The molecule has 35 heavy (non-hydrogen) atoms. The van der Waals surface area contributed by atoms with Gasteiger partial charge in [0.2, 0.25) is 5.91 Å². The second kappa shape index (κ2) is 8.05. The smallest absolute Gasteiger partial charge is 0.234 e. The van der Waals surface area contributed by atoms with Gasteiger partial charge in [-0.1, -0.05) is 0 Å². The normalized spacial score (nSPS) is 25.4. The summed E-state index contributed by atoms with van der Waals surface area (Å²) in [4.78, 5) is 19.4. The highest BCUT2D eigenvalue weighted by Crippen LogP contribution is 2.57. The van der Waals surface area contributed by atoms with E-state index in [1.165, 1.54) is 29.8 Å². The van der Waals surface area contributed by atoms with E-state index in [2.05, 4.69) is 45.2 Å². The highest BCUT2D eigenvalue weighted by Gasteiger charge is 2.55. The van der Waals surface area contributed by atoms with Crippen LogP contribution in [0.25, 0.3) is 11.0 Å².